The maximum absolute atomic E-state index is 9.41. The molecule has 44 heavy (non-hydrogen) atoms. The summed E-state index contributed by atoms with van der Waals surface area (Å²) in [6.07, 6.45) is 0. The van der Waals surface area contributed by atoms with E-state index in [9.17, 15) is 5.48 Å². The fourth-order valence-electron chi connectivity index (χ4n) is 4.56. The van der Waals surface area contributed by atoms with Gasteiger partial charge in [0.25, 0.3) is 0 Å². The fraction of sp³-hybridized carbons (Fsp3) is 0. The van der Waals surface area contributed by atoms with Crippen molar-refractivity contribution in [2.45, 2.75) is 0 Å². The molecule has 0 bridgehead atoms. The maximum Gasteiger partial charge on any atom is 0.165 e. The summed E-state index contributed by atoms with van der Waals surface area (Å²) in [5, 5.41) is -1.21. The number of nitrogens with zero attached hydrogens (tertiary/aromatic N) is 3. The molecule has 0 saturated carbocycles. The second kappa shape index (κ2) is 9.97. The summed E-state index contributed by atoms with van der Waals surface area (Å²) in [5.41, 5.74) is -3.99. The number of fused-ring (bicyclic) bond motifs is 6. The van der Waals surface area contributed by atoms with E-state index in [1.54, 1.807) is 0 Å². The van der Waals surface area contributed by atoms with E-state index < -0.39 is 201 Å². The smallest absolute Gasteiger partial charge is 0.165 e. The quantitative estimate of drug-likeness (QED) is 0.200. The van der Waals surface area contributed by atoms with Crippen LogP contribution in [0.2, 0.25) is 0 Å². The summed E-state index contributed by atoms with van der Waals surface area (Å²) in [4.78, 5) is 13.2. The first kappa shape index (κ1) is 11.1. The topological polar surface area (TPSA) is 51.8 Å². The Morgan fingerprint density at radius 1 is 0.455 bits per heavy atom. The number of hydrogen-bond acceptors (Lipinski definition) is 5. The van der Waals surface area contributed by atoms with Gasteiger partial charge in [-0.15, -0.1) is 11.3 Å². The molecule has 206 valence electrons. The van der Waals surface area contributed by atoms with Gasteiger partial charge < -0.3 is 4.42 Å². The molecule has 0 radical (unpaired) electrons. The van der Waals surface area contributed by atoms with Crippen molar-refractivity contribution < 1.29 is 35.9 Å². The lowest BCUT2D eigenvalue weighted by Crippen LogP contribution is -2.00. The van der Waals surface area contributed by atoms with Crippen LogP contribution in [0.4, 0.5) is 0 Å². The Hall–Kier alpha value is -5.65. The Labute approximate surface area is 289 Å². The van der Waals surface area contributed by atoms with E-state index in [4.69, 9.17) is 30.5 Å². The predicted octanol–water partition coefficient (Wildman–Crippen LogP) is 10.8. The van der Waals surface area contributed by atoms with Crippen molar-refractivity contribution in [3.8, 4) is 45.3 Å². The van der Waals surface area contributed by atoms with Gasteiger partial charge in [0.05, 0.1) is 31.5 Å². The summed E-state index contributed by atoms with van der Waals surface area (Å²) >= 11 is 0.704. The first-order valence-electron chi connectivity index (χ1n) is 24.2. The van der Waals surface area contributed by atoms with Gasteiger partial charge in [-0.25, -0.2) is 15.0 Å². The van der Waals surface area contributed by atoms with E-state index in [0.717, 1.165) is 0 Å². The van der Waals surface area contributed by atoms with Gasteiger partial charge in [0.1, 0.15) is 11.2 Å². The largest absolute Gasteiger partial charge is 0.456 e. The van der Waals surface area contributed by atoms with E-state index in [1.807, 2.05) is 0 Å². The van der Waals surface area contributed by atoms with Crippen molar-refractivity contribution in [3.05, 3.63) is 139 Å². The summed E-state index contributed by atoms with van der Waals surface area (Å²) < 4.78 is 205. The van der Waals surface area contributed by atoms with Crippen LogP contribution >= 0.6 is 11.3 Å². The van der Waals surface area contributed by atoms with Crippen LogP contribution in [-0.2, 0) is 0 Å². The normalized spacial score (nSPS) is 19.0. The van der Waals surface area contributed by atoms with Gasteiger partial charge in [0.2, 0.25) is 0 Å². The molecular formula is C39H23N3OS. The minimum Gasteiger partial charge on any atom is -0.456 e. The highest BCUT2D eigenvalue weighted by Gasteiger charge is 2.17. The molecule has 9 rings (SSSR count). The van der Waals surface area contributed by atoms with Crippen LogP contribution in [0.1, 0.15) is 31.5 Å². The lowest BCUT2D eigenvalue weighted by atomic mass is 10.0. The highest BCUT2D eigenvalue weighted by Crippen LogP contribution is 2.40. The van der Waals surface area contributed by atoms with Crippen LogP contribution in [-0.4, -0.2) is 15.0 Å². The molecule has 0 aliphatic carbocycles. The zero-order valence-electron chi connectivity index (χ0n) is 44.7. The Balaban J connectivity index is 1.42. The molecule has 3 aromatic heterocycles. The molecular weight excluding hydrogens is 559 g/mol. The fourth-order valence-corrected chi connectivity index (χ4v) is 5.62. The summed E-state index contributed by atoms with van der Waals surface area (Å²) in [6.45, 7) is 0. The molecule has 3 heterocycles. The van der Waals surface area contributed by atoms with E-state index in [0.29, 0.717) is 11.3 Å². The molecule has 5 heteroatoms. The third kappa shape index (κ3) is 4.09. The standard InChI is InChI=1S/C39H23N3OS/c1-3-10-24(11-4-1)26-19-21-33-32(22-26)28-20-18-27(23-34(28)43-33)38-40-37(25-12-5-2-6-13-25)41-39(42-38)31-16-9-15-30-29-14-7-8-17-35(29)44-36(30)31/h1-23H/i1D,2D,3D,4D,5D,6D,7D,8D,9D,10D,11D,12D,13D,14D,15D,16D,17D,18D,19D,20D,21D,22D,23D. The van der Waals surface area contributed by atoms with Crippen molar-refractivity contribution in [1.29, 1.82) is 0 Å². The van der Waals surface area contributed by atoms with Gasteiger partial charge in [0.15, 0.2) is 17.5 Å². The van der Waals surface area contributed by atoms with Crippen LogP contribution in [0, 0.1) is 0 Å². The Bertz CT molecular complexity index is 3750. The van der Waals surface area contributed by atoms with Gasteiger partial charge in [-0.1, -0.05) is 103 Å². The van der Waals surface area contributed by atoms with Crippen molar-refractivity contribution in [2.75, 3.05) is 0 Å². The Morgan fingerprint density at radius 3 is 1.98 bits per heavy atom. The predicted molar refractivity (Wildman–Crippen MR) is 182 cm³/mol. The number of thiophene rings is 1. The minimum atomic E-state index is -0.862. The van der Waals surface area contributed by atoms with Gasteiger partial charge in [-0.05, 0) is 47.4 Å². The molecule has 0 N–H and O–H groups in total. The zero-order chi connectivity index (χ0) is 49.1. The molecule has 0 spiro atoms. The van der Waals surface area contributed by atoms with Crippen molar-refractivity contribution in [2.24, 2.45) is 0 Å². The average Bonchev–Trinajstić information content (AvgIpc) is 3.90. The second-order valence-corrected chi connectivity index (χ2v) is 10.1. The Morgan fingerprint density at radius 2 is 1.14 bits per heavy atom. The van der Waals surface area contributed by atoms with Crippen molar-refractivity contribution in [1.82, 2.24) is 15.0 Å². The van der Waals surface area contributed by atoms with E-state index in [2.05, 4.69) is 15.0 Å². The van der Waals surface area contributed by atoms with Gasteiger partial charge in [-0.3, -0.25) is 0 Å². The lowest BCUT2D eigenvalue weighted by Gasteiger charge is -2.09. The van der Waals surface area contributed by atoms with E-state index >= 15 is 0 Å². The second-order valence-electron chi connectivity index (χ2n) is 9.08. The van der Waals surface area contributed by atoms with Crippen molar-refractivity contribution in [3.63, 3.8) is 0 Å². The van der Waals surface area contributed by atoms with Gasteiger partial charge in [0, 0.05) is 47.6 Å². The third-order valence-electron chi connectivity index (χ3n) is 6.50. The first-order valence-corrected chi connectivity index (χ1v) is 13.5. The average molecular weight is 605 g/mol. The molecule has 6 aromatic carbocycles. The summed E-state index contributed by atoms with van der Waals surface area (Å²) in [7, 11) is 0. The molecule has 0 unspecified atom stereocenters. The third-order valence-corrected chi connectivity index (χ3v) is 7.63. The first-order chi connectivity index (χ1) is 31.4. The van der Waals surface area contributed by atoms with Gasteiger partial charge in [-0.2, -0.15) is 0 Å². The molecule has 0 saturated heterocycles. The molecule has 0 aliphatic heterocycles. The Kier molecular flexibility index (Phi) is 2.52. The number of aromatic nitrogens is 3. The number of rotatable bonds is 4. The molecule has 4 nitrogen and oxygen atoms in total. The van der Waals surface area contributed by atoms with Crippen LogP contribution in [0.15, 0.2) is 143 Å². The lowest BCUT2D eigenvalue weighted by molar-refractivity contribution is 0.669. The van der Waals surface area contributed by atoms with Crippen molar-refractivity contribution >= 4 is 53.4 Å². The van der Waals surface area contributed by atoms with Crippen LogP contribution in [0.3, 0.4) is 0 Å². The maximum atomic E-state index is 9.41. The number of furan rings is 1. The monoisotopic (exact) mass is 604 g/mol. The molecule has 0 atom stereocenters. The highest BCUT2D eigenvalue weighted by atomic mass is 32.1. The summed E-state index contributed by atoms with van der Waals surface area (Å²) in [5.74, 6) is -2.03. The van der Waals surface area contributed by atoms with Crippen LogP contribution in [0.5, 0.6) is 0 Å². The van der Waals surface area contributed by atoms with E-state index in [1.165, 1.54) is 0 Å². The van der Waals surface area contributed by atoms with Crippen LogP contribution in [0.25, 0.3) is 87.4 Å². The summed E-state index contributed by atoms with van der Waals surface area (Å²) in [6, 6.07) is -17.2. The molecule has 0 aliphatic rings. The minimum absolute atomic E-state index is 0.0648. The number of benzene rings is 6. The molecule has 0 fully saturated rings. The SMILES string of the molecule is [2H]c1c([2H])c([2H])c(-c2nc(-c3c([2H])c([2H])c4c(oc5c([2H])c([2H])c(-c6c([2H])c([2H])c([2H])c([2H])c6[2H])c([2H])c54)c3[2H])nc(-c3c([2H])c([2H])c([2H])c4c3sc3c([2H])c([2H])c([2H])c([2H])c34)n2)c([2H])c1[2H]. The van der Waals surface area contributed by atoms with Gasteiger partial charge >= 0.3 is 0 Å². The molecule has 9 aromatic rings. The number of hydrogen-bond donors (Lipinski definition) is 0. The van der Waals surface area contributed by atoms with E-state index in [-0.39, 0.29) is 25.7 Å². The van der Waals surface area contributed by atoms with Crippen LogP contribution < -0.4 is 0 Å². The molecule has 0 amide bonds. The highest BCUT2D eigenvalue weighted by molar-refractivity contribution is 7.26. The zero-order valence-corrected chi connectivity index (χ0v) is 22.5.